The van der Waals surface area contributed by atoms with Gasteiger partial charge in [0, 0.05) is 25.7 Å². The monoisotopic (exact) mass is 399 g/mol. The second kappa shape index (κ2) is 9.18. The number of nitrogens with one attached hydrogen (secondary N) is 1. The topological polar surface area (TPSA) is 80.3 Å². The van der Waals surface area contributed by atoms with Crippen molar-refractivity contribution < 1.29 is 23.8 Å². The molecular weight excluding hydrogens is 374 g/mol. The van der Waals surface area contributed by atoms with Crippen LogP contribution in [0.1, 0.15) is 5.56 Å². The van der Waals surface area contributed by atoms with E-state index < -0.39 is 0 Å². The predicted molar refractivity (Wildman–Crippen MR) is 109 cm³/mol. The molecule has 8 nitrogen and oxygen atoms in total. The average Bonchev–Trinajstić information content (AvgIpc) is 3.11. The Morgan fingerprint density at radius 1 is 1.00 bits per heavy atom. The molecule has 1 saturated heterocycles. The van der Waals surface area contributed by atoms with Gasteiger partial charge in [0.2, 0.25) is 5.91 Å². The molecule has 1 N–H and O–H groups in total. The number of hydrogen-bond acceptors (Lipinski definition) is 5. The lowest BCUT2D eigenvalue weighted by Gasteiger charge is -2.21. The number of benzene rings is 2. The summed E-state index contributed by atoms with van der Waals surface area (Å²) in [5, 5.41) is 2.84. The van der Waals surface area contributed by atoms with Gasteiger partial charge in [-0.25, -0.2) is 4.79 Å². The third-order valence-electron chi connectivity index (χ3n) is 4.73. The van der Waals surface area contributed by atoms with E-state index in [1.54, 1.807) is 44.4 Å². The first-order valence-corrected chi connectivity index (χ1v) is 9.23. The van der Waals surface area contributed by atoms with Crippen LogP contribution in [0.2, 0.25) is 0 Å². The molecule has 0 spiro atoms. The van der Waals surface area contributed by atoms with Gasteiger partial charge in [0.15, 0.2) is 0 Å². The van der Waals surface area contributed by atoms with Gasteiger partial charge in [0.25, 0.3) is 0 Å². The number of ether oxygens (including phenoxy) is 3. The van der Waals surface area contributed by atoms with E-state index in [0.29, 0.717) is 36.8 Å². The summed E-state index contributed by atoms with van der Waals surface area (Å²) in [5.74, 6) is 1.71. The molecule has 1 fully saturated rings. The lowest BCUT2D eigenvalue weighted by atomic mass is 10.2. The molecule has 3 rings (SSSR count). The minimum absolute atomic E-state index is 0.00835. The van der Waals surface area contributed by atoms with E-state index in [1.807, 2.05) is 24.3 Å². The van der Waals surface area contributed by atoms with Gasteiger partial charge in [-0.15, -0.1) is 0 Å². The second-order valence-electron chi connectivity index (χ2n) is 6.52. The molecule has 0 radical (unpaired) electrons. The number of methoxy groups -OCH3 is 3. The first-order chi connectivity index (χ1) is 14.0. The molecule has 0 bridgehead atoms. The highest BCUT2D eigenvalue weighted by Crippen LogP contribution is 2.34. The molecule has 1 heterocycles. The van der Waals surface area contributed by atoms with Crippen LogP contribution in [0.25, 0.3) is 0 Å². The number of nitrogens with zero attached hydrogens (tertiary/aromatic N) is 2. The third-order valence-corrected chi connectivity index (χ3v) is 4.73. The number of amides is 3. The highest BCUT2D eigenvalue weighted by molar-refractivity contribution is 5.97. The lowest BCUT2D eigenvalue weighted by molar-refractivity contribution is -0.121. The van der Waals surface area contributed by atoms with E-state index in [4.69, 9.17) is 14.2 Å². The van der Waals surface area contributed by atoms with Gasteiger partial charge in [-0.2, -0.15) is 0 Å². The average molecular weight is 399 g/mol. The van der Waals surface area contributed by atoms with Gasteiger partial charge in [-0.05, 0) is 29.8 Å². The standard InChI is InChI=1S/C21H25N3O5/c1-27-16-6-4-5-15(11-16)13-22-20(25)14-23-9-10-24(21(23)26)18-12-17(28-2)7-8-19(18)29-3/h4-8,11-12H,9-10,13-14H2,1-3H3,(H,22,25). The van der Waals surface area contributed by atoms with E-state index in [2.05, 4.69) is 5.32 Å². The fraction of sp³-hybridized carbons (Fsp3) is 0.333. The summed E-state index contributed by atoms with van der Waals surface area (Å²) in [6, 6.07) is 12.5. The molecule has 1 aliphatic rings. The molecule has 3 amide bonds. The van der Waals surface area contributed by atoms with Crippen LogP contribution in [-0.2, 0) is 11.3 Å². The van der Waals surface area contributed by atoms with Gasteiger partial charge < -0.3 is 24.4 Å². The van der Waals surface area contributed by atoms with Crippen LogP contribution in [0.5, 0.6) is 17.2 Å². The van der Waals surface area contributed by atoms with Gasteiger partial charge >= 0.3 is 6.03 Å². The van der Waals surface area contributed by atoms with E-state index in [-0.39, 0.29) is 18.5 Å². The Morgan fingerprint density at radius 3 is 2.48 bits per heavy atom. The Kier molecular flexibility index (Phi) is 6.43. The van der Waals surface area contributed by atoms with E-state index in [9.17, 15) is 9.59 Å². The van der Waals surface area contributed by atoms with Gasteiger partial charge in [0.1, 0.15) is 23.8 Å². The normalized spacial score (nSPS) is 13.4. The fourth-order valence-corrected chi connectivity index (χ4v) is 3.17. The summed E-state index contributed by atoms with van der Waals surface area (Å²) in [7, 11) is 4.71. The van der Waals surface area contributed by atoms with E-state index in [0.717, 1.165) is 11.3 Å². The van der Waals surface area contributed by atoms with Crippen molar-refractivity contribution in [1.82, 2.24) is 10.2 Å². The zero-order valence-electron chi connectivity index (χ0n) is 16.8. The molecular formula is C21H25N3O5. The Balaban J connectivity index is 1.60. The SMILES string of the molecule is COc1cccc(CNC(=O)CN2CCN(c3cc(OC)ccc3OC)C2=O)c1. The number of rotatable bonds is 8. The van der Waals surface area contributed by atoms with Crippen LogP contribution in [0.3, 0.4) is 0 Å². The number of hydrogen-bond donors (Lipinski definition) is 1. The van der Waals surface area contributed by atoms with Crippen molar-refractivity contribution in [2.75, 3.05) is 45.9 Å². The maximum atomic E-state index is 12.8. The maximum absolute atomic E-state index is 12.8. The van der Waals surface area contributed by atoms with Crippen molar-refractivity contribution in [2.45, 2.75) is 6.54 Å². The summed E-state index contributed by atoms with van der Waals surface area (Å²) in [5.41, 5.74) is 1.55. The van der Waals surface area contributed by atoms with Crippen molar-refractivity contribution in [1.29, 1.82) is 0 Å². The van der Waals surface area contributed by atoms with Crippen LogP contribution in [0.4, 0.5) is 10.5 Å². The Labute approximate surface area is 170 Å². The van der Waals surface area contributed by atoms with Gasteiger partial charge in [0.05, 0.1) is 27.0 Å². The molecule has 154 valence electrons. The molecule has 0 unspecified atom stereocenters. The molecule has 0 atom stereocenters. The quantitative estimate of drug-likeness (QED) is 0.737. The summed E-state index contributed by atoms with van der Waals surface area (Å²) in [6.45, 7) is 1.27. The molecule has 0 saturated carbocycles. The van der Waals surface area contributed by atoms with Crippen molar-refractivity contribution in [3.8, 4) is 17.2 Å². The second-order valence-corrected chi connectivity index (χ2v) is 6.52. The fourth-order valence-electron chi connectivity index (χ4n) is 3.17. The predicted octanol–water partition coefficient (Wildman–Crippen LogP) is 2.27. The number of urea groups is 1. The van der Waals surface area contributed by atoms with Crippen molar-refractivity contribution in [3.05, 3.63) is 48.0 Å². The van der Waals surface area contributed by atoms with Gasteiger partial charge in [-0.3, -0.25) is 9.69 Å². The summed E-state index contributed by atoms with van der Waals surface area (Å²) in [6.07, 6.45) is 0. The molecule has 8 heteroatoms. The largest absolute Gasteiger partial charge is 0.497 e. The third kappa shape index (κ3) is 4.71. The lowest BCUT2D eigenvalue weighted by Crippen LogP contribution is -2.39. The molecule has 2 aromatic rings. The summed E-state index contributed by atoms with van der Waals surface area (Å²) < 4.78 is 15.8. The maximum Gasteiger partial charge on any atom is 0.325 e. The Bertz CT molecular complexity index is 886. The number of carbonyl (C=O) groups is 2. The molecule has 1 aliphatic heterocycles. The van der Waals surface area contributed by atoms with Crippen LogP contribution < -0.4 is 24.4 Å². The van der Waals surface area contributed by atoms with Crippen molar-refractivity contribution >= 4 is 17.6 Å². The molecule has 2 aromatic carbocycles. The highest BCUT2D eigenvalue weighted by atomic mass is 16.5. The first-order valence-electron chi connectivity index (χ1n) is 9.23. The smallest absolute Gasteiger partial charge is 0.325 e. The molecule has 0 aromatic heterocycles. The van der Waals surface area contributed by atoms with E-state index in [1.165, 1.54) is 4.90 Å². The Hall–Kier alpha value is -3.42. The van der Waals surface area contributed by atoms with Crippen molar-refractivity contribution in [2.24, 2.45) is 0 Å². The first kappa shape index (κ1) is 20.3. The molecule has 0 aliphatic carbocycles. The van der Waals surface area contributed by atoms with Gasteiger partial charge in [-0.1, -0.05) is 12.1 Å². The Morgan fingerprint density at radius 2 is 1.76 bits per heavy atom. The summed E-state index contributed by atoms with van der Waals surface area (Å²) >= 11 is 0. The highest BCUT2D eigenvalue weighted by Gasteiger charge is 2.32. The number of carbonyl (C=O) groups excluding carboxylic acids is 2. The zero-order chi connectivity index (χ0) is 20.8. The van der Waals surface area contributed by atoms with E-state index >= 15 is 0 Å². The summed E-state index contributed by atoms with van der Waals surface area (Å²) in [4.78, 5) is 28.3. The molecule has 29 heavy (non-hydrogen) atoms. The van der Waals surface area contributed by atoms with Crippen LogP contribution in [-0.4, -0.2) is 57.8 Å². The minimum atomic E-state index is -0.243. The van der Waals surface area contributed by atoms with Crippen LogP contribution in [0, 0.1) is 0 Å². The zero-order valence-corrected chi connectivity index (χ0v) is 16.8. The van der Waals surface area contributed by atoms with Crippen LogP contribution in [0.15, 0.2) is 42.5 Å². The van der Waals surface area contributed by atoms with Crippen molar-refractivity contribution in [3.63, 3.8) is 0 Å². The minimum Gasteiger partial charge on any atom is -0.497 e. The number of anilines is 1. The van der Waals surface area contributed by atoms with Crippen LogP contribution >= 0.6 is 0 Å².